The van der Waals surface area contributed by atoms with Gasteiger partial charge < -0.3 is 15.8 Å². The number of rotatable bonds is 5. The first-order chi connectivity index (χ1) is 9.60. The van der Waals surface area contributed by atoms with Crippen LogP contribution in [0, 0.1) is 17.8 Å². The maximum Gasteiger partial charge on any atom is 0.123 e. The van der Waals surface area contributed by atoms with E-state index in [9.17, 15) is 0 Å². The van der Waals surface area contributed by atoms with E-state index in [4.69, 9.17) is 10.5 Å². The van der Waals surface area contributed by atoms with E-state index in [1.165, 1.54) is 25.7 Å². The van der Waals surface area contributed by atoms with Crippen molar-refractivity contribution >= 4 is 11.4 Å². The fourth-order valence-electron chi connectivity index (χ4n) is 3.94. The highest BCUT2D eigenvalue weighted by atomic mass is 16.5. The second-order valence-corrected chi connectivity index (χ2v) is 6.77. The van der Waals surface area contributed by atoms with E-state index < -0.39 is 0 Å². The van der Waals surface area contributed by atoms with E-state index in [2.05, 4.69) is 11.4 Å². The minimum Gasteiger partial charge on any atom is -0.491 e. The Kier molecular flexibility index (Phi) is 3.77. The van der Waals surface area contributed by atoms with Gasteiger partial charge in [-0.25, -0.2) is 0 Å². The van der Waals surface area contributed by atoms with Crippen LogP contribution in [0.3, 0.4) is 0 Å². The predicted octanol–water partition coefficient (Wildman–Crippen LogP) is 3.90. The average Bonchev–Trinajstić information content (AvgIpc) is 2.96. The molecule has 3 heteroatoms. The molecule has 0 radical (unpaired) electrons. The Morgan fingerprint density at radius 1 is 1.25 bits per heavy atom. The summed E-state index contributed by atoms with van der Waals surface area (Å²) in [4.78, 5) is 0. The fraction of sp³-hybridized carbons (Fsp3) is 0.647. The van der Waals surface area contributed by atoms with Crippen molar-refractivity contribution in [2.24, 2.45) is 17.8 Å². The first-order valence-corrected chi connectivity index (χ1v) is 7.91. The van der Waals surface area contributed by atoms with E-state index in [0.717, 1.165) is 41.4 Å². The van der Waals surface area contributed by atoms with Gasteiger partial charge in [-0.1, -0.05) is 6.42 Å². The van der Waals surface area contributed by atoms with Crippen molar-refractivity contribution in [2.75, 3.05) is 17.6 Å². The second kappa shape index (κ2) is 5.55. The first-order valence-electron chi connectivity index (χ1n) is 7.91. The van der Waals surface area contributed by atoms with Crippen LogP contribution >= 0.6 is 0 Å². The molecule has 0 heterocycles. The molecular formula is C17H26N2O. The van der Waals surface area contributed by atoms with Gasteiger partial charge in [-0.2, -0.15) is 0 Å². The molecule has 3 atom stereocenters. The highest BCUT2D eigenvalue weighted by Crippen LogP contribution is 2.48. The zero-order chi connectivity index (χ0) is 14.1. The Bertz CT molecular complexity index is 472. The van der Waals surface area contributed by atoms with Gasteiger partial charge in [-0.15, -0.1) is 0 Å². The Hall–Kier alpha value is -1.38. The van der Waals surface area contributed by atoms with Crippen LogP contribution < -0.4 is 15.8 Å². The SMILES string of the molecule is CC(C)Oc1cc(N)cc(NCC2CC3CCC2C3)c1. The van der Waals surface area contributed by atoms with Crippen LogP contribution in [0.5, 0.6) is 5.75 Å². The van der Waals surface area contributed by atoms with E-state index in [1.807, 2.05) is 26.0 Å². The molecule has 1 aromatic rings. The van der Waals surface area contributed by atoms with E-state index in [1.54, 1.807) is 0 Å². The summed E-state index contributed by atoms with van der Waals surface area (Å²) in [6.45, 7) is 5.14. The van der Waals surface area contributed by atoms with E-state index in [-0.39, 0.29) is 6.10 Å². The van der Waals surface area contributed by atoms with Gasteiger partial charge in [-0.3, -0.25) is 0 Å². The summed E-state index contributed by atoms with van der Waals surface area (Å²) in [5.41, 5.74) is 7.81. The Morgan fingerprint density at radius 3 is 2.75 bits per heavy atom. The van der Waals surface area contributed by atoms with Gasteiger partial charge in [-0.05, 0) is 56.9 Å². The van der Waals surface area contributed by atoms with Crippen LogP contribution in [-0.4, -0.2) is 12.6 Å². The molecule has 2 bridgehead atoms. The molecule has 0 aromatic heterocycles. The molecule has 0 aliphatic heterocycles. The largest absolute Gasteiger partial charge is 0.491 e. The van der Waals surface area contributed by atoms with Crippen molar-refractivity contribution in [3.8, 4) is 5.75 Å². The van der Waals surface area contributed by atoms with Gasteiger partial charge in [0.15, 0.2) is 0 Å². The molecule has 110 valence electrons. The molecule has 0 amide bonds. The third kappa shape index (κ3) is 3.02. The summed E-state index contributed by atoms with van der Waals surface area (Å²) < 4.78 is 5.74. The summed E-state index contributed by atoms with van der Waals surface area (Å²) >= 11 is 0. The number of fused-ring (bicyclic) bond motifs is 2. The van der Waals surface area contributed by atoms with Crippen LogP contribution in [0.25, 0.3) is 0 Å². The number of nitrogens with one attached hydrogen (secondary N) is 1. The number of anilines is 2. The third-order valence-corrected chi connectivity index (χ3v) is 4.75. The molecule has 3 rings (SSSR count). The zero-order valence-corrected chi connectivity index (χ0v) is 12.6. The summed E-state index contributed by atoms with van der Waals surface area (Å²) in [6, 6.07) is 5.95. The van der Waals surface area contributed by atoms with Crippen LogP contribution in [0.1, 0.15) is 39.5 Å². The Morgan fingerprint density at radius 2 is 2.10 bits per heavy atom. The quantitative estimate of drug-likeness (QED) is 0.800. The third-order valence-electron chi connectivity index (χ3n) is 4.75. The smallest absolute Gasteiger partial charge is 0.123 e. The molecule has 0 spiro atoms. The van der Waals surface area contributed by atoms with Gasteiger partial charge >= 0.3 is 0 Å². The Balaban J connectivity index is 1.60. The highest BCUT2D eigenvalue weighted by Gasteiger charge is 2.38. The maximum atomic E-state index is 5.96. The first kappa shape index (κ1) is 13.6. The van der Waals surface area contributed by atoms with Crippen molar-refractivity contribution in [3.05, 3.63) is 18.2 Å². The van der Waals surface area contributed by atoms with Crippen LogP contribution in [-0.2, 0) is 0 Å². The minimum absolute atomic E-state index is 0.176. The summed E-state index contributed by atoms with van der Waals surface area (Å²) in [5.74, 6) is 3.67. The molecule has 1 aromatic carbocycles. The van der Waals surface area contributed by atoms with Gasteiger partial charge in [0.25, 0.3) is 0 Å². The normalized spacial score (nSPS) is 28.1. The highest BCUT2D eigenvalue weighted by molar-refractivity contribution is 5.59. The summed E-state index contributed by atoms with van der Waals surface area (Å²) in [7, 11) is 0. The molecule has 0 saturated heterocycles. The van der Waals surface area contributed by atoms with Crippen LogP contribution in [0.15, 0.2) is 18.2 Å². The summed E-state index contributed by atoms with van der Waals surface area (Å²) in [5, 5.41) is 3.57. The standard InChI is InChI=1S/C17H26N2O/c1-11(2)20-17-8-15(18)7-16(9-17)19-10-14-6-12-3-4-13(14)5-12/h7-9,11-14,19H,3-6,10,18H2,1-2H3. The Labute approximate surface area is 121 Å². The lowest BCUT2D eigenvalue weighted by atomic mass is 9.89. The number of nitrogen functional groups attached to an aromatic ring is 1. The molecule has 3 unspecified atom stereocenters. The molecule has 3 N–H and O–H groups in total. The molecule has 2 aliphatic rings. The van der Waals surface area contributed by atoms with Gasteiger partial charge in [0.2, 0.25) is 0 Å². The topological polar surface area (TPSA) is 47.3 Å². The fourth-order valence-corrected chi connectivity index (χ4v) is 3.94. The lowest BCUT2D eigenvalue weighted by Gasteiger charge is -2.22. The van der Waals surface area contributed by atoms with Crippen LogP contribution in [0.4, 0.5) is 11.4 Å². The predicted molar refractivity (Wildman–Crippen MR) is 84.0 cm³/mol. The van der Waals surface area contributed by atoms with Crippen molar-refractivity contribution < 1.29 is 4.74 Å². The van der Waals surface area contributed by atoms with Crippen molar-refractivity contribution in [1.82, 2.24) is 0 Å². The van der Waals surface area contributed by atoms with Gasteiger partial charge in [0.05, 0.1) is 6.10 Å². The van der Waals surface area contributed by atoms with Crippen LogP contribution in [0.2, 0.25) is 0 Å². The van der Waals surface area contributed by atoms with Crippen molar-refractivity contribution in [1.29, 1.82) is 0 Å². The number of hydrogen-bond acceptors (Lipinski definition) is 3. The molecule has 2 aliphatic carbocycles. The minimum atomic E-state index is 0.176. The number of nitrogens with two attached hydrogens (primary N) is 1. The number of benzene rings is 1. The number of hydrogen-bond donors (Lipinski definition) is 2. The monoisotopic (exact) mass is 274 g/mol. The van der Waals surface area contributed by atoms with E-state index >= 15 is 0 Å². The van der Waals surface area contributed by atoms with E-state index in [0.29, 0.717) is 0 Å². The lowest BCUT2D eigenvalue weighted by Crippen LogP contribution is -2.20. The zero-order valence-electron chi connectivity index (χ0n) is 12.6. The van der Waals surface area contributed by atoms with Gasteiger partial charge in [0.1, 0.15) is 5.75 Å². The second-order valence-electron chi connectivity index (χ2n) is 6.77. The van der Waals surface area contributed by atoms with Crippen molar-refractivity contribution in [3.63, 3.8) is 0 Å². The number of ether oxygens (including phenoxy) is 1. The molecular weight excluding hydrogens is 248 g/mol. The molecule has 3 nitrogen and oxygen atoms in total. The summed E-state index contributed by atoms with van der Waals surface area (Å²) in [6.07, 6.45) is 5.96. The van der Waals surface area contributed by atoms with Crippen molar-refractivity contribution in [2.45, 2.75) is 45.6 Å². The lowest BCUT2D eigenvalue weighted by molar-refractivity contribution is 0.242. The maximum absolute atomic E-state index is 5.96. The molecule has 2 saturated carbocycles. The molecule has 20 heavy (non-hydrogen) atoms. The van der Waals surface area contributed by atoms with Gasteiger partial charge in [0, 0.05) is 30.1 Å². The average molecular weight is 274 g/mol. The molecule has 2 fully saturated rings.